The highest BCUT2D eigenvalue weighted by atomic mass is 35.5. The number of esters is 1. The minimum absolute atomic E-state index is 0.152. The van der Waals surface area contributed by atoms with Crippen LogP contribution in [0.5, 0.6) is 0 Å². The van der Waals surface area contributed by atoms with Crippen LogP contribution < -0.4 is 10.6 Å². The zero-order valence-electron chi connectivity index (χ0n) is 12.6. The normalized spacial score (nSPS) is 21.9. The highest BCUT2D eigenvalue weighted by molar-refractivity contribution is 6.35. The van der Waals surface area contributed by atoms with E-state index in [4.69, 9.17) is 22.1 Å². The summed E-state index contributed by atoms with van der Waals surface area (Å²) in [5, 5.41) is 0.334. The van der Waals surface area contributed by atoms with Crippen molar-refractivity contribution in [1.29, 1.82) is 0 Å². The van der Waals surface area contributed by atoms with E-state index in [9.17, 15) is 4.79 Å². The Balaban J connectivity index is 2.28. The topological polar surface area (TPSA) is 81.3 Å². The van der Waals surface area contributed by atoms with Crippen molar-refractivity contribution in [2.24, 2.45) is 11.3 Å². The predicted molar refractivity (Wildman–Crippen MR) is 82.2 cm³/mol. The molecule has 0 bridgehead atoms. The summed E-state index contributed by atoms with van der Waals surface area (Å²) in [5.74, 6) is 0.844. The van der Waals surface area contributed by atoms with Crippen molar-refractivity contribution in [2.45, 2.75) is 27.2 Å². The Morgan fingerprint density at radius 3 is 2.90 bits per heavy atom. The van der Waals surface area contributed by atoms with E-state index in [0.717, 1.165) is 0 Å². The first-order valence-corrected chi connectivity index (χ1v) is 7.48. The van der Waals surface area contributed by atoms with Crippen LogP contribution in [0.25, 0.3) is 0 Å². The van der Waals surface area contributed by atoms with E-state index in [1.54, 1.807) is 0 Å². The molecule has 2 N–H and O–H groups in total. The maximum Gasteiger partial charge on any atom is 0.314 e. The molecule has 0 spiro atoms. The molecule has 0 radical (unpaired) electrons. The minimum Gasteiger partial charge on any atom is -0.466 e. The van der Waals surface area contributed by atoms with Gasteiger partial charge in [0.05, 0.1) is 12.0 Å². The van der Waals surface area contributed by atoms with Crippen LogP contribution >= 0.6 is 11.6 Å². The number of aromatic nitrogens is 2. The van der Waals surface area contributed by atoms with Gasteiger partial charge in [-0.2, -0.15) is 0 Å². The van der Waals surface area contributed by atoms with E-state index < -0.39 is 5.41 Å². The number of halogens is 1. The van der Waals surface area contributed by atoms with Crippen LogP contribution in [0.15, 0.2) is 6.33 Å². The first-order chi connectivity index (χ1) is 9.92. The molecule has 1 atom stereocenters. The van der Waals surface area contributed by atoms with Gasteiger partial charge in [0.25, 0.3) is 0 Å². The van der Waals surface area contributed by atoms with Gasteiger partial charge in [-0.3, -0.25) is 4.79 Å². The van der Waals surface area contributed by atoms with Crippen LogP contribution in [0.3, 0.4) is 0 Å². The molecule has 21 heavy (non-hydrogen) atoms. The third-order valence-electron chi connectivity index (χ3n) is 4.19. The minimum atomic E-state index is -0.529. The largest absolute Gasteiger partial charge is 0.466 e. The molecule has 1 aromatic rings. The summed E-state index contributed by atoms with van der Waals surface area (Å²) in [5.41, 5.74) is 5.19. The average Bonchev–Trinajstić information content (AvgIpc) is 2.88. The Bertz CT molecular complexity index is 538. The second kappa shape index (κ2) is 6.05. The van der Waals surface area contributed by atoms with Gasteiger partial charge in [0.2, 0.25) is 0 Å². The van der Waals surface area contributed by atoms with E-state index >= 15 is 0 Å². The number of anilines is 2. The molecule has 1 fully saturated rings. The third kappa shape index (κ3) is 2.77. The number of carbonyl (C=O) groups is 1. The standard InChI is InChI=1S/C14H21ClN4O2/c1-4-21-13(20)14(9(2)3)5-6-19(7-14)12-10(15)11(16)17-8-18-12/h8-9H,4-7H2,1-3H3,(H2,16,17,18). The van der Waals surface area contributed by atoms with Crippen LogP contribution in [-0.4, -0.2) is 35.6 Å². The Hall–Kier alpha value is -1.56. The van der Waals surface area contributed by atoms with Gasteiger partial charge >= 0.3 is 5.97 Å². The number of carbonyl (C=O) groups excluding carboxylic acids is 1. The van der Waals surface area contributed by atoms with Crippen molar-refractivity contribution < 1.29 is 9.53 Å². The van der Waals surface area contributed by atoms with E-state index in [2.05, 4.69) is 9.97 Å². The molecule has 1 saturated heterocycles. The Kier molecular flexibility index (Phi) is 4.56. The number of nitrogen functional groups attached to an aromatic ring is 1. The number of hydrogen-bond acceptors (Lipinski definition) is 6. The Labute approximate surface area is 129 Å². The van der Waals surface area contributed by atoms with Crippen molar-refractivity contribution >= 4 is 29.2 Å². The quantitative estimate of drug-likeness (QED) is 0.858. The van der Waals surface area contributed by atoms with Crippen LogP contribution in [0.2, 0.25) is 5.02 Å². The van der Waals surface area contributed by atoms with Crippen molar-refractivity contribution in [2.75, 3.05) is 30.3 Å². The number of hydrogen-bond donors (Lipinski definition) is 1. The third-order valence-corrected chi connectivity index (χ3v) is 4.55. The van der Waals surface area contributed by atoms with Crippen molar-refractivity contribution in [3.05, 3.63) is 11.3 Å². The zero-order chi connectivity index (χ0) is 15.6. The van der Waals surface area contributed by atoms with Gasteiger partial charge in [-0.1, -0.05) is 25.4 Å². The lowest BCUT2D eigenvalue weighted by molar-refractivity contribution is -0.156. The molecule has 1 aliphatic rings. The summed E-state index contributed by atoms with van der Waals surface area (Å²) in [7, 11) is 0. The zero-order valence-corrected chi connectivity index (χ0v) is 13.4. The van der Waals surface area contributed by atoms with Crippen LogP contribution in [0.1, 0.15) is 27.2 Å². The van der Waals surface area contributed by atoms with Crippen LogP contribution in [-0.2, 0) is 9.53 Å². The first kappa shape index (κ1) is 15.8. The van der Waals surface area contributed by atoms with E-state index in [1.807, 2.05) is 25.7 Å². The maximum atomic E-state index is 12.4. The van der Waals surface area contributed by atoms with Crippen LogP contribution in [0.4, 0.5) is 11.6 Å². The number of rotatable bonds is 4. The molecule has 0 aliphatic carbocycles. The molecule has 7 heteroatoms. The van der Waals surface area contributed by atoms with Crippen LogP contribution in [0, 0.1) is 11.3 Å². The molecule has 116 valence electrons. The molecular weight excluding hydrogens is 292 g/mol. The summed E-state index contributed by atoms with van der Waals surface area (Å²) in [6, 6.07) is 0. The predicted octanol–water partition coefficient (Wildman–Crippen LogP) is 2.13. The fraction of sp³-hybridized carbons (Fsp3) is 0.643. The fourth-order valence-electron chi connectivity index (χ4n) is 2.76. The molecule has 2 rings (SSSR count). The van der Waals surface area contributed by atoms with Crippen molar-refractivity contribution in [3.63, 3.8) is 0 Å². The lowest BCUT2D eigenvalue weighted by Gasteiger charge is -2.31. The lowest BCUT2D eigenvalue weighted by Crippen LogP contribution is -2.41. The van der Waals surface area contributed by atoms with Gasteiger partial charge in [-0.25, -0.2) is 9.97 Å². The number of nitrogens with two attached hydrogens (primary N) is 1. The monoisotopic (exact) mass is 312 g/mol. The smallest absolute Gasteiger partial charge is 0.314 e. The molecular formula is C14H21ClN4O2. The van der Waals surface area contributed by atoms with E-state index in [-0.39, 0.29) is 17.7 Å². The highest BCUT2D eigenvalue weighted by Crippen LogP contribution is 2.42. The van der Waals surface area contributed by atoms with Gasteiger partial charge in [-0.15, -0.1) is 0 Å². The van der Waals surface area contributed by atoms with Gasteiger partial charge < -0.3 is 15.4 Å². The van der Waals surface area contributed by atoms with Crippen molar-refractivity contribution in [3.8, 4) is 0 Å². The van der Waals surface area contributed by atoms with E-state index in [1.165, 1.54) is 6.33 Å². The molecule has 6 nitrogen and oxygen atoms in total. The fourth-order valence-corrected chi connectivity index (χ4v) is 2.97. The molecule has 1 unspecified atom stereocenters. The summed E-state index contributed by atoms with van der Waals surface area (Å²) in [6.45, 7) is 7.49. The molecule has 0 aromatic carbocycles. The Morgan fingerprint density at radius 1 is 1.57 bits per heavy atom. The van der Waals surface area contributed by atoms with Crippen molar-refractivity contribution in [1.82, 2.24) is 9.97 Å². The number of nitrogens with zero attached hydrogens (tertiary/aromatic N) is 3. The molecule has 1 aliphatic heterocycles. The first-order valence-electron chi connectivity index (χ1n) is 7.10. The maximum absolute atomic E-state index is 12.4. The molecule has 0 saturated carbocycles. The summed E-state index contributed by atoms with van der Waals surface area (Å²) in [6.07, 6.45) is 2.10. The summed E-state index contributed by atoms with van der Waals surface area (Å²) >= 11 is 6.18. The molecule has 1 aromatic heterocycles. The van der Waals surface area contributed by atoms with Gasteiger partial charge in [0.15, 0.2) is 5.82 Å². The summed E-state index contributed by atoms with van der Waals surface area (Å²) < 4.78 is 5.27. The van der Waals surface area contributed by atoms with Gasteiger partial charge in [-0.05, 0) is 19.3 Å². The SMILES string of the molecule is CCOC(=O)C1(C(C)C)CCN(c2ncnc(N)c2Cl)C1. The second-order valence-corrected chi connectivity index (χ2v) is 5.98. The Morgan fingerprint density at radius 2 is 2.29 bits per heavy atom. The molecule has 2 heterocycles. The van der Waals surface area contributed by atoms with E-state index in [0.29, 0.717) is 37.0 Å². The molecule has 0 amide bonds. The summed E-state index contributed by atoms with van der Waals surface area (Å²) in [4.78, 5) is 22.4. The van der Waals surface area contributed by atoms with Gasteiger partial charge in [0, 0.05) is 13.1 Å². The second-order valence-electron chi connectivity index (χ2n) is 5.60. The van der Waals surface area contributed by atoms with Gasteiger partial charge in [0.1, 0.15) is 17.2 Å². The highest BCUT2D eigenvalue weighted by Gasteiger charge is 2.49. The lowest BCUT2D eigenvalue weighted by atomic mass is 9.76. The average molecular weight is 313 g/mol. The number of ether oxygens (including phenoxy) is 1.